The van der Waals surface area contributed by atoms with Gasteiger partial charge in [-0.15, -0.1) is 0 Å². The molecule has 0 spiro atoms. The molecule has 0 aliphatic heterocycles. The minimum atomic E-state index is -1.03. The van der Waals surface area contributed by atoms with Gasteiger partial charge >= 0.3 is 5.97 Å². The van der Waals surface area contributed by atoms with Crippen molar-refractivity contribution in [3.8, 4) is 0 Å². The SMILES string of the molecule is CC(C)C(NC(=O)/C=C/c1ccc(N(C)C)cc1)C(=O)O. The van der Waals surface area contributed by atoms with Crippen LogP contribution in [0.3, 0.4) is 0 Å². The zero-order chi connectivity index (χ0) is 16.0. The van der Waals surface area contributed by atoms with E-state index in [1.54, 1.807) is 19.9 Å². The van der Waals surface area contributed by atoms with Gasteiger partial charge in [-0.1, -0.05) is 26.0 Å². The number of aliphatic carboxylic acids is 1. The molecule has 5 nitrogen and oxygen atoms in total. The highest BCUT2D eigenvalue weighted by molar-refractivity contribution is 5.94. The number of amides is 1. The number of hydrogen-bond acceptors (Lipinski definition) is 3. The Kier molecular flexibility index (Phi) is 5.96. The number of hydrogen-bond donors (Lipinski definition) is 2. The maximum absolute atomic E-state index is 11.7. The zero-order valence-electron chi connectivity index (χ0n) is 12.8. The van der Waals surface area contributed by atoms with Crippen LogP contribution in [0.25, 0.3) is 6.08 Å². The number of nitrogens with zero attached hydrogens (tertiary/aromatic N) is 1. The maximum Gasteiger partial charge on any atom is 0.326 e. The van der Waals surface area contributed by atoms with Crippen molar-refractivity contribution in [2.75, 3.05) is 19.0 Å². The van der Waals surface area contributed by atoms with E-state index in [0.717, 1.165) is 11.3 Å². The van der Waals surface area contributed by atoms with Gasteiger partial charge in [0.05, 0.1) is 0 Å². The van der Waals surface area contributed by atoms with Crippen LogP contribution in [0.4, 0.5) is 5.69 Å². The molecule has 5 heteroatoms. The molecule has 0 fully saturated rings. The molecule has 1 aromatic carbocycles. The molecule has 0 saturated heterocycles. The predicted octanol–water partition coefficient (Wildman–Crippen LogP) is 1.99. The molecule has 0 aliphatic rings. The number of rotatable bonds is 6. The van der Waals surface area contributed by atoms with Crippen LogP contribution >= 0.6 is 0 Å². The van der Waals surface area contributed by atoms with Crippen LogP contribution in [-0.4, -0.2) is 37.1 Å². The first kappa shape index (κ1) is 16.8. The number of carbonyl (C=O) groups excluding carboxylic acids is 1. The number of carboxylic acid groups (broad SMARTS) is 1. The van der Waals surface area contributed by atoms with Crippen molar-refractivity contribution in [3.63, 3.8) is 0 Å². The van der Waals surface area contributed by atoms with E-state index in [1.807, 2.05) is 43.3 Å². The molecule has 1 amide bonds. The Morgan fingerprint density at radius 3 is 2.19 bits per heavy atom. The normalized spacial score (nSPS) is 12.4. The topological polar surface area (TPSA) is 69.6 Å². The van der Waals surface area contributed by atoms with Crippen molar-refractivity contribution >= 4 is 23.6 Å². The fourth-order valence-corrected chi connectivity index (χ4v) is 1.77. The second-order valence-corrected chi connectivity index (χ2v) is 5.39. The second-order valence-electron chi connectivity index (χ2n) is 5.39. The van der Waals surface area contributed by atoms with E-state index in [-0.39, 0.29) is 5.92 Å². The van der Waals surface area contributed by atoms with E-state index in [4.69, 9.17) is 5.11 Å². The van der Waals surface area contributed by atoms with Crippen LogP contribution in [0.15, 0.2) is 30.3 Å². The summed E-state index contributed by atoms with van der Waals surface area (Å²) >= 11 is 0. The van der Waals surface area contributed by atoms with E-state index < -0.39 is 17.9 Å². The summed E-state index contributed by atoms with van der Waals surface area (Å²) in [6.45, 7) is 3.51. The lowest BCUT2D eigenvalue weighted by Crippen LogP contribution is -2.43. The minimum Gasteiger partial charge on any atom is -0.480 e. The fourth-order valence-electron chi connectivity index (χ4n) is 1.77. The number of carboxylic acids is 1. The van der Waals surface area contributed by atoms with Crippen LogP contribution in [0.5, 0.6) is 0 Å². The summed E-state index contributed by atoms with van der Waals surface area (Å²) in [7, 11) is 3.91. The molecular weight excluding hydrogens is 268 g/mol. The van der Waals surface area contributed by atoms with Gasteiger partial charge < -0.3 is 15.3 Å². The van der Waals surface area contributed by atoms with Gasteiger partial charge in [-0.3, -0.25) is 4.79 Å². The molecule has 0 heterocycles. The monoisotopic (exact) mass is 290 g/mol. The molecule has 2 N–H and O–H groups in total. The average Bonchev–Trinajstić information content (AvgIpc) is 2.42. The van der Waals surface area contributed by atoms with Crippen LogP contribution in [0.2, 0.25) is 0 Å². The largest absolute Gasteiger partial charge is 0.480 e. The highest BCUT2D eigenvalue weighted by Gasteiger charge is 2.22. The van der Waals surface area contributed by atoms with Crippen LogP contribution < -0.4 is 10.2 Å². The van der Waals surface area contributed by atoms with Crippen LogP contribution in [0.1, 0.15) is 19.4 Å². The lowest BCUT2D eigenvalue weighted by atomic mass is 10.0. The fraction of sp³-hybridized carbons (Fsp3) is 0.375. The number of benzene rings is 1. The summed E-state index contributed by atoms with van der Waals surface area (Å²) in [5.41, 5.74) is 1.95. The first-order valence-corrected chi connectivity index (χ1v) is 6.80. The molecule has 21 heavy (non-hydrogen) atoms. The Labute approximate surface area is 125 Å². The van der Waals surface area contributed by atoms with E-state index >= 15 is 0 Å². The molecular formula is C16H22N2O3. The van der Waals surface area contributed by atoms with Crippen molar-refractivity contribution in [3.05, 3.63) is 35.9 Å². The zero-order valence-corrected chi connectivity index (χ0v) is 12.8. The smallest absolute Gasteiger partial charge is 0.326 e. The molecule has 0 radical (unpaired) electrons. The van der Waals surface area contributed by atoms with Crippen molar-refractivity contribution < 1.29 is 14.7 Å². The van der Waals surface area contributed by atoms with Gasteiger partial charge in [-0.25, -0.2) is 4.79 Å². The number of carbonyl (C=O) groups is 2. The lowest BCUT2D eigenvalue weighted by molar-refractivity contribution is -0.142. The summed E-state index contributed by atoms with van der Waals surface area (Å²) in [5.74, 6) is -1.60. The Hall–Kier alpha value is -2.30. The minimum absolute atomic E-state index is 0.167. The van der Waals surface area contributed by atoms with E-state index in [2.05, 4.69) is 5.32 Å². The highest BCUT2D eigenvalue weighted by Crippen LogP contribution is 2.13. The number of anilines is 1. The molecule has 0 bridgehead atoms. The Morgan fingerprint density at radius 2 is 1.76 bits per heavy atom. The van der Waals surface area contributed by atoms with Gasteiger partial charge in [0.25, 0.3) is 0 Å². The summed E-state index contributed by atoms with van der Waals surface area (Å²) in [5, 5.41) is 11.5. The third-order valence-corrected chi connectivity index (χ3v) is 3.07. The van der Waals surface area contributed by atoms with Crippen molar-refractivity contribution in [2.45, 2.75) is 19.9 Å². The quantitative estimate of drug-likeness (QED) is 0.786. The molecule has 0 saturated carbocycles. The van der Waals surface area contributed by atoms with Gasteiger partial charge in [0.1, 0.15) is 6.04 Å². The molecule has 114 valence electrons. The summed E-state index contributed by atoms with van der Waals surface area (Å²) in [6, 6.07) is 6.82. The van der Waals surface area contributed by atoms with Crippen LogP contribution in [0, 0.1) is 5.92 Å². The van der Waals surface area contributed by atoms with E-state index in [9.17, 15) is 9.59 Å². The average molecular weight is 290 g/mol. The Balaban J connectivity index is 2.67. The first-order chi connectivity index (χ1) is 9.81. The van der Waals surface area contributed by atoms with Crippen molar-refractivity contribution in [2.24, 2.45) is 5.92 Å². The first-order valence-electron chi connectivity index (χ1n) is 6.80. The van der Waals surface area contributed by atoms with Crippen molar-refractivity contribution in [1.82, 2.24) is 5.32 Å². The molecule has 0 aliphatic carbocycles. The lowest BCUT2D eigenvalue weighted by Gasteiger charge is -2.16. The Bertz CT molecular complexity index is 519. The van der Waals surface area contributed by atoms with E-state index in [1.165, 1.54) is 6.08 Å². The molecule has 1 rings (SSSR count). The third-order valence-electron chi connectivity index (χ3n) is 3.07. The summed E-state index contributed by atoms with van der Waals surface area (Å²) in [4.78, 5) is 24.7. The van der Waals surface area contributed by atoms with Gasteiger partial charge in [0, 0.05) is 25.9 Å². The standard InChI is InChI=1S/C16H22N2O3/c1-11(2)15(16(20)21)17-14(19)10-7-12-5-8-13(9-6-12)18(3)4/h5-11,15H,1-4H3,(H,17,19)(H,20,21)/b10-7+. The highest BCUT2D eigenvalue weighted by atomic mass is 16.4. The second kappa shape index (κ2) is 7.47. The van der Waals surface area contributed by atoms with Crippen molar-refractivity contribution in [1.29, 1.82) is 0 Å². The van der Waals surface area contributed by atoms with Gasteiger partial charge in [0.2, 0.25) is 5.91 Å². The third kappa shape index (κ3) is 5.30. The maximum atomic E-state index is 11.7. The predicted molar refractivity (Wildman–Crippen MR) is 84.2 cm³/mol. The summed E-state index contributed by atoms with van der Waals surface area (Å²) in [6.07, 6.45) is 3.01. The van der Waals surface area contributed by atoms with E-state index in [0.29, 0.717) is 0 Å². The van der Waals surface area contributed by atoms with Crippen LogP contribution in [-0.2, 0) is 9.59 Å². The molecule has 0 aromatic heterocycles. The summed E-state index contributed by atoms with van der Waals surface area (Å²) < 4.78 is 0. The molecule has 1 atom stereocenters. The van der Waals surface area contributed by atoms with Gasteiger partial charge in [-0.2, -0.15) is 0 Å². The van der Waals surface area contributed by atoms with Gasteiger partial charge in [-0.05, 0) is 29.7 Å². The number of nitrogens with one attached hydrogen (secondary N) is 1. The Morgan fingerprint density at radius 1 is 1.19 bits per heavy atom. The molecule has 1 unspecified atom stereocenters. The van der Waals surface area contributed by atoms with Gasteiger partial charge in [0.15, 0.2) is 0 Å². The molecule has 1 aromatic rings.